The van der Waals surface area contributed by atoms with Crippen molar-refractivity contribution >= 4 is 5.91 Å². The summed E-state index contributed by atoms with van der Waals surface area (Å²) >= 11 is 0. The molecule has 1 atom stereocenters. The molecule has 0 spiro atoms. The fourth-order valence-electron chi connectivity index (χ4n) is 1.36. The van der Waals surface area contributed by atoms with E-state index >= 15 is 0 Å². The zero-order valence-corrected chi connectivity index (χ0v) is 10.1. The number of halogens is 2. The van der Waals surface area contributed by atoms with E-state index in [9.17, 15) is 13.6 Å². The lowest BCUT2D eigenvalue weighted by atomic mass is 10.1. The molecule has 0 saturated carbocycles. The maximum Gasteiger partial charge on any atom is 0.236 e. The Kier molecular flexibility index (Phi) is 4.57. The van der Waals surface area contributed by atoms with Crippen LogP contribution < -0.4 is 5.32 Å². The van der Waals surface area contributed by atoms with Crippen LogP contribution in [-0.4, -0.2) is 31.4 Å². The molecule has 1 rings (SSSR count). The first-order valence-corrected chi connectivity index (χ1v) is 5.30. The van der Waals surface area contributed by atoms with Gasteiger partial charge in [-0.2, -0.15) is 0 Å². The Morgan fingerprint density at radius 1 is 1.41 bits per heavy atom. The highest BCUT2D eigenvalue weighted by atomic mass is 19.1. The molecule has 0 fully saturated rings. The number of carbonyl (C=O) groups excluding carboxylic acids is 1. The number of hydrogen-bond acceptors (Lipinski definition) is 2. The van der Waals surface area contributed by atoms with Gasteiger partial charge in [0.05, 0.1) is 6.54 Å². The van der Waals surface area contributed by atoms with Crippen LogP contribution in [0.1, 0.15) is 18.5 Å². The van der Waals surface area contributed by atoms with Crippen molar-refractivity contribution in [3.8, 4) is 0 Å². The first kappa shape index (κ1) is 13.6. The number of amides is 1. The minimum atomic E-state index is -0.609. The Morgan fingerprint density at radius 3 is 2.59 bits per heavy atom. The molecule has 1 N–H and O–H groups in total. The fourth-order valence-corrected chi connectivity index (χ4v) is 1.36. The van der Waals surface area contributed by atoms with E-state index in [-0.39, 0.29) is 18.5 Å². The fraction of sp³-hybridized carbons (Fsp3) is 0.417. The summed E-state index contributed by atoms with van der Waals surface area (Å²) in [6.07, 6.45) is 0. The Balaban J connectivity index is 2.64. The molecule has 1 unspecified atom stereocenters. The number of rotatable bonds is 4. The van der Waals surface area contributed by atoms with Gasteiger partial charge in [-0.15, -0.1) is 0 Å². The smallest absolute Gasteiger partial charge is 0.236 e. The van der Waals surface area contributed by atoms with Gasteiger partial charge in [-0.05, 0) is 13.0 Å². The van der Waals surface area contributed by atoms with Crippen molar-refractivity contribution in [2.75, 3.05) is 20.6 Å². The Hall–Kier alpha value is -1.49. The second-order valence-electron chi connectivity index (χ2n) is 4.06. The van der Waals surface area contributed by atoms with Crippen molar-refractivity contribution < 1.29 is 13.6 Å². The van der Waals surface area contributed by atoms with Crippen molar-refractivity contribution in [3.63, 3.8) is 0 Å². The summed E-state index contributed by atoms with van der Waals surface area (Å²) in [4.78, 5) is 12.8. The molecule has 94 valence electrons. The van der Waals surface area contributed by atoms with Crippen LogP contribution >= 0.6 is 0 Å². The largest absolute Gasteiger partial charge is 0.348 e. The molecular formula is C12H16F2N2O. The number of benzene rings is 1. The molecule has 0 bridgehead atoms. The second-order valence-corrected chi connectivity index (χ2v) is 4.06. The highest BCUT2D eigenvalue weighted by Gasteiger charge is 2.13. The van der Waals surface area contributed by atoms with Gasteiger partial charge in [-0.3, -0.25) is 4.79 Å². The summed E-state index contributed by atoms with van der Waals surface area (Å²) < 4.78 is 26.1. The first-order valence-electron chi connectivity index (χ1n) is 5.30. The lowest BCUT2D eigenvalue weighted by Crippen LogP contribution is -2.34. The molecule has 17 heavy (non-hydrogen) atoms. The van der Waals surface area contributed by atoms with E-state index < -0.39 is 11.6 Å². The number of likely N-dealkylation sites (N-methyl/N-ethyl adjacent to an activating group) is 1. The maximum absolute atomic E-state index is 13.4. The number of hydrogen-bond donors (Lipinski definition) is 1. The van der Waals surface area contributed by atoms with E-state index in [1.165, 1.54) is 17.0 Å². The second kappa shape index (κ2) is 5.72. The van der Waals surface area contributed by atoms with Gasteiger partial charge in [-0.25, -0.2) is 8.78 Å². The van der Waals surface area contributed by atoms with Crippen LogP contribution in [0.3, 0.4) is 0 Å². The summed E-state index contributed by atoms with van der Waals surface area (Å²) in [5.74, 6) is -1.32. The predicted octanol–water partition coefficient (Wildman–Crippen LogP) is 1.70. The van der Waals surface area contributed by atoms with Gasteiger partial charge in [0.15, 0.2) is 0 Å². The summed E-state index contributed by atoms with van der Waals surface area (Å²) in [5.41, 5.74) is 0.345. The third-order valence-electron chi connectivity index (χ3n) is 2.49. The lowest BCUT2D eigenvalue weighted by Gasteiger charge is -2.16. The van der Waals surface area contributed by atoms with Gasteiger partial charge in [-0.1, -0.05) is 6.07 Å². The van der Waals surface area contributed by atoms with Crippen LogP contribution in [0, 0.1) is 11.6 Å². The third-order valence-corrected chi connectivity index (χ3v) is 2.49. The van der Waals surface area contributed by atoms with Gasteiger partial charge >= 0.3 is 0 Å². The highest BCUT2D eigenvalue weighted by Crippen LogP contribution is 2.17. The monoisotopic (exact) mass is 242 g/mol. The van der Waals surface area contributed by atoms with E-state index in [4.69, 9.17) is 0 Å². The van der Waals surface area contributed by atoms with Gasteiger partial charge < -0.3 is 10.2 Å². The molecule has 0 aliphatic rings. The summed E-state index contributed by atoms with van der Waals surface area (Å²) in [6.45, 7) is 1.84. The quantitative estimate of drug-likeness (QED) is 0.871. The molecule has 1 amide bonds. The molecule has 0 saturated heterocycles. The van der Waals surface area contributed by atoms with Gasteiger partial charge in [0.25, 0.3) is 0 Å². The molecule has 0 heterocycles. The molecule has 3 nitrogen and oxygen atoms in total. The van der Waals surface area contributed by atoms with Crippen LogP contribution in [0.2, 0.25) is 0 Å². The van der Waals surface area contributed by atoms with Crippen molar-refractivity contribution in [1.29, 1.82) is 0 Å². The Labute approximate surface area is 99.4 Å². The Morgan fingerprint density at radius 2 is 2.06 bits per heavy atom. The molecule has 0 aromatic heterocycles. The number of nitrogens with one attached hydrogen (secondary N) is 1. The molecule has 0 aliphatic heterocycles. The summed E-state index contributed by atoms with van der Waals surface area (Å²) in [5, 5.41) is 2.89. The van der Waals surface area contributed by atoms with Crippen LogP contribution in [0.25, 0.3) is 0 Å². The van der Waals surface area contributed by atoms with Crippen LogP contribution in [0.15, 0.2) is 18.2 Å². The highest BCUT2D eigenvalue weighted by molar-refractivity contribution is 5.77. The van der Waals surface area contributed by atoms with Crippen molar-refractivity contribution in [2.45, 2.75) is 13.0 Å². The molecule has 0 aliphatic carbocycles. The average molecular weight is 242 g/mol. The summed E-state index contributed by atoms with van der Waals surface area (Å²) in [6, 6.07) is 3.06. The minimum Gasteiger partial charge on any atom is -0.348 e. The van der Waals surface area contributed by atoms with E-state index in [0.717, 1.165) is 6.07 Å². The van der Waals surface area contributed by atoms with E-state index in [0.29, 0.717) is 5.56 Å². The molecule has 0 radical (unpaired) electrons. The molecular weight excluding hydrogens is 226 g/mol. The van der Waals surface area contributed by atoms with E-state index in [2.05, 4.69) is 5.32 Å². The zero-order valence-electron chi connectivity index (χ0n) is 10.1. The van der Waals surface area contributed by atoms with Gasteiger partial charge in [0.2, 0.25) is 5.91 Å². The number of carbonyl (C=O) groups is 1. The SMILES string of the molecule is CC(NCC(=O)N(C)C)c1ccc(F)cc1F. The minimum absolute atomic E-state index is 0.0978. The van der Waals surface area contributed by atoms with E-state index in [1.807, 2.05) is 0 Å². The molecule has 5 heteroatoms. The third kappa shape index (κ3) is 3.78. The molecule has 1 aromatic rings. The lowest BCUT2D eigenvalue weighted by molar-refractivity contribution is -0.127. The first-order chi connectivity index (χ1) is 7.91. The number of nitrogens with zero attached hydrogens (tertiary/aromatic N) is 1. The standard InChI is InChI=1S/C12H16F2N2O/c1-8(15-7-12(17)16(2)3)10-5-4-9(13)6-11(10)14/h4-6,8,15H,7H2,1-3H3. The van der Waals surface area contributed by atoms with E-state index in [1.54, 1.807) is 21.0 Å². The normalized spacial score (nSPS) is 12.3. The van der Waals surface area contributed by atoms with Crippen LogP contribution in [0.4, 0.5) is 8.78 Å². The van der Waals surface area contributed by atoms with Gasteiger partial charge in [0, 0.05) is 31.8 Å². The summed E-state index contributed by atoms with van der Waals surface area (Å²) in [7, 11) is 3.29. The average Bonchev–Trinajstić information content (AvgIpc) is 2.25. The molecule has 1 aromatic carbocycles. The van der Waals surface area contributed by atoms with Crippen LogP contribution in [-0.2, 0) is 4.79 Å². The predicted molar refractivity (Wildman–Crippen MR) is 61.5 cm³/mol. The van der Waals surface area contributed by atoms with Crippen molar-refractivity contribution in [3.05, 3.63) is 35.4 Å². The van der Waals surface area contributed by atoms with Gasteiger partial charge in [0.1, 0.15) is 11.6 Å². The maximum atomic E-state index is 13.4. The Bertz CT molecular complexity index is 407. The van der Waals surface area contributed by atoms with Crippen molar-refractivity contribution in [2.24, 2.45) is 0 Å². The van der Waals surface area contributed by atoms with Crippen molar-refractivity contribution in [1.82, 2.24) is 10.2 Å². The topological polar surface area (TPSA) is 32.3 Å². The van der Waals surface area contributed by atoms with Crippen LogP contribution in [0.5, 0.6) is 0 Å². The zero-order chi connectivity index (χ0) is 13.0.